The van der Waals surface area contributed by atoms with Gasteiger partial charge in [-0.05, 0) is 30.2 Å². The summed E-state index contributed by atoms with van der Waals surface area (Å²) in [6.45, 7) is 2.99. The van der Waals surface area contributed by atoms with Crippen molar-refractivity contribution in [3.8, 4) is 11.5 Å². The summed E-state index contributed by atoms with van der Waals surface area (Å²) in [5.41, 5.74) is 1.34. The standard InChI is InChI=1S/C21H26N2O5S/c1-2-3-12-23(15-17-7-5-4-6-8-17)29(25,26)13-11-22-21(24)18-9-10-19-20(14-18)28-16-27-19/h4-10,14H,2-3,11-13,15-16H2,1H3,(H,22,24). The number of unbranched alkanes of at least 4 members (excludes halogenated alkanes) is 1. The molecular formula is C21H26N2O5S. The summed E-state index contributed by atoms with van der Waals surface area (Å²) in [4.78, 5) is 12.3. The molecule has 1 aliphatic heterocycles. The summed E-state index contributed by atoms with van der Waals surface area (Å²) in [7, 11) is -3.51. The van der Waals surface area contributed by atoms with E-state index >= 15 is 0 Å². The van der Waals surface area contributed by atoms with Gasteiger partial charge in [0.25, 0.3) is 5.91 Å². The van der Waals surface area contributed by atoms with Crippen molar-refractivity contribution in [1.29, 1.82) is 0 Å². The average molecular weight is 419 g/mol. The van der Waals surface area contributed by atoms with Gasteiger partial charge in [0.15, 0.2) is 11.5 Å². The van der Waals surface area contributed by atoms with E-state index < -0.39 is 10.0 Å². The first-order valence-corrected chi connectivity index (χ1v) is 11.3. The second-order valence-corrected chi connectivity index (χ2v) is 8.90. The number of carbonyl (C=O) groups is 1. The van der Waals surface area contributed by atoms with Crippen LogP contribution in [0, 0.1) is 0 Å². The lowest BCUT2D eigenvalue weighted by atomic mass is 10.2. The highest BCUT2D eigenvalue weighted by Gasteiger charge is 2.22. The molecule has 1 N–H and O–H groups in total. The molecular weight excluding hydrogens is 392 g/mol. The van der Waals surface area contributed by atoms with Crippen molar-refractivity contribution in [3.05, 3.63) is 59.7 Å². The van der Waals surface area contributed by atoms with Crippen LogP contribution in [0.1, 0.15) is 35.7 Å². The van der Waals surface area contributed by atoms with E-state index in [1.54, 1.807) is 18.2 Å². The number of benzene rings is 2. The highest BCUT2D eigenvalue weighted by atomic mass is 32.2. The van der Waals surface area contributed by atoms with E-state index in [2.05, 4.69) is 5.32 Å². The molecule has 1 amide bonds. The normalized spacial score (nSPS) is 12.9. The van der Waals surface area contributed by atoms with E-state index in [0.717, 1.165) is 18.4 Å². The number of fused-ring (bicyclic) bond motifs is 1. The molecule has 0 unspecified atom stereocenters. The topological polar surface area (TPSA) is 84.9 Å². The molecule has 1 heterocycles. The van der Waals surface area contributed by atoms with Crippen molar-refractivity contribution in [2.45, 2.75) is 26.3 Å². The van der Waals surface area contributed by atoms with Crippen molar-refractivity contribution in [2.24, 2.45) is 0 Å². The molecule has 0 fully saturated rings. The van der Waals surface area contributed by atoms with Gasteiger partial charge in [-0.15, -0.1) is 0 Å². The van der Waals surface area contributed by atoms with Gasteiger partial charge in [0.05, 0.1) is 5.75 Å². The lowest BCUT2D eigenvalue weighted by Crippen LogP contribution is -2.38. The minimum absolute atomic E-state index is 0.0347. The maximum atomic E-state index is 12.9. The Morgan fingerprint density at radius 1 is 1.10 bits per heavy atom. The molecule has 2 aromatic carbocycles. The molecule has 156 valence electrons. The first-order chi connectivity index (χ1) is 14.0. The molecule has 0 radical (unpaired) electrons. The van der Waals surface area contributed by atoms with Crippen LogP contribution in [-0.2, 0) is 16.6 Å². The Bertz CT molecular complexity index is 931. The zero-order valence-corrected chi connectivity index (χ0v) is 17.3. The Balaban J connectivity index is 1.58. The molecule has 0 aliphatic carbocycles. The van der Waals surface area contributed by atoms with Crippen molar-refractivity contribution in [1.82, 2.24) is 9.62 Å². The third-order valence-electron chi connectivity index (χ3n) is 4.64. The molecule has 0 saturated heterocycles. The van der Waals surface area contributed by atoms with Crippen molar-refractivity contribution in [2.75, 3.05) is 25.6 Å². The van der Waals surface area contributed by atoms with E-state index in [9.17, 15) is 13.2 Å². The van der Waals surface area contributed by atoms with Gasteiger partial charge < -0.3 is 14.8 Å². The zero-order valence-electron chi connectivity index (χ0n) is 16.5. The monoisotopic (exact) mass is 418 g/mol. The fourth-order valence-corrected chi connectivity index (χ4v) is 4.37. The molecule has 0 saturated carbocycles. The van der Waals surface area contributed by atoms with Crippen LogP contribution in [0.2, 0.25) is 0 Å². The first kappa shape index (κ1) is 21.1. The van der Waals surface area contributed by atoms with Crippen LogP contribution < -0.4 is 14.8 Å². The van der Waals surface area contributed by atoms with Gasteiger partial charge >= 0.3 is 0 Å². The Labute approximate surface area is 171 Å². The minimum atomic E-state index is -3.51. The number of hydrogen-bond donors (Lipinski definition) is 1. The Morgan fingerprint density at radius 2 is 1.86 bits per heavy atom. The third kappa shape index (κ3) is 5.71. The van der Waals surface area contributed by atoms with Gasteiger partial charge in [-0.25, -0.2) is 8.42 Å². The second-order valence-electron chi connectivity index (χ2n) is 6.81. The van der Waals surface area contributed by atoms with Crippen molar-refractivity contribution >= 4 is 15.9 Å². The fraction of sp³-hybridized carbons (Fsp3) is 0.381. The molecule has 3 rings (SSSR count). The first-order valence-electron chi connectivity index (χ1n) is 9.69. The zero-order chi connectivity index (χ0) is 20.7. The number of nitrogens with zero attached hydrogens (tertiary/aromatic N) is 1. The van der Waals surface area contributed by atoms with Crippen LogP contribution >= 0.6 is 0 Å². The van der Waals surface area contributed by atoms with Gasteiger partial charge in [-0.2, -0.15) is 4.31 Å². The Kier molecular flexibility index (Phi) is 7.11. The summed E-state index contributed by atoms with van der Waals surface area (Å²) in [6.07, 6.45) is 1.69. The lowest BCUT2D eigenvalue weighted by Gasteiger charge is -2.22. The SMILES string of the molecule is CCCCN(Cc1ccccc1)S(=O)(=O)CCNC(=O)c1ccc2c(c1)OCO2. The lowest BCUT2D eigenvalue weighted by molar-refractivity contribution is 0.0955. The number of sulfonamides is 1. The maximum Gasteiger partial charge on any atom is 0.251 e. The maximum absolute atomic E-state index is 12.9. The Morgan fingerprint density at radius 3 is 2.62 bits per heavy atom. The number of hydrogen-bond acceptors (Lipinski definition) is 5. The predicted molar refractivity (Wildman–Crippen MR) is 110 cm³/mol. The molecule has 1 aliphatic rings. The smallest absolute Gasteiger partial charge is 0.251 e. The molecule has 29 heavy (non-hydrogen) atoms. The van der Waals surface area contributed by atoms with E-state index in [1.165, 1.54) is 4.31 Å². The minimum Gasteiger partial charge on any atom is -0.454 e. The number of ether oxygens (including phenoxy) is 2. The summed E-state index contributed by atoms with van der Waals surface area (Å²) in [6, 6.07) is 14.4. The largest absolute Gasteiger partial charge is 0.454 e. The summed E-state index contributed by atoms with van der Waals surface area (Å²) >= 11 is 0. The van der Waals surface area contributed by atoms with Crippen molar-refractivity contribution < 1.29 is 22.7 Å². The average Bonchev–Trinajstić information content (AvgIpc) is 3.19. The van der Waals surface area contributed by atoms with Crippen LogP contribution in [0.15, 0.2) is 48.5 Å². The van der Waals surface area contributed by atoms with Crippen molar-refractivity contribution in [3.63, 3.8) is 0 Å². The van der Waals surface area contributed by atoms with Gasteiger partial charge in [0.1, 0.15) is 0 Å². The summed E-state index contributed by atoms with van der Waals surface area (Å²) in [5, 5.41) is 2.68. The van der Waals surface area contributed by atoms with Crippen LogP contribution in [0.5, 0.6) is 11.5 Å². The van der Waals surface area contributed by atoms with Crippen LogP contribution in [0.4, 0.5) is 0 Å². The van der Waals surface area contributed by atoms with Gasteiger partial charge in [0, 0.05) is 25.2 Å². The quantitative estimate of drug-likeness (QED) is 0.641. The highest BCUT2D eigenvalue weighted by molar-refractivity contribution is 7.89. The molecule has 0 spiro atoms. The van der Waals surface area contributed by atoms with E-state index in [-0.39, 0.29) is 25.0 Å². The van der Waals surface area contributed by atoms with Crippen LogP contribution in [-0.4, -0.2) is 44.3 Å². The number of nitrogens with one attached hydrogen (secondary N) is 1. The number of rotatable bonds is 10. The van der Waals surface area contributed by atoms with E-state index in [0.29, 0.717) is 30.2 Å². The summed E-state index contributed by atoms with van der Waals surface area (Å²) in [5.74, 6) is 0.608. The molecule has 2 aromatic rings. The number of carbonyl (C=O) groups excluding carboxylic acids is 1. The molecule has 8 heteroatoms. The van der Waals surface area contributed by atoms with Gasteiger partial charge in [-0.3, -0.25) is 4.79 Å². The van der Waals surface area contributed by atoms with Gasteiger partial charge in [-0.1, -0.05) is 43.7 Å². The highest BCUT2D eigenvalue weighted by Crippen LogP contribution is 2.32. The van der Waals surface area contributed by atoms with E-state index in [1.807, 2.05) is 37.3 Å². The van der Waals surface area contributed by atoms with Gasteiger partial charge in [0.2, 0.25) is 16.8 Å². The molecule has 0 atom stereocenters. The fourth-order valence-electron chi connectivity index (χ4n) is 3.00. The van der Waals surface area contributed by atoms with Crippen LogP contribution in [0.3, 0.4) is 0 Å². The Hall–Kier alpha value is -2.58. The second kappa shape index (κ2) is 9.76. The number of amides is 1. The predicted octanol–water partition coefficient (Wildman–Crippen LogP) is 2.78. The molecule has 0 aromatic heterocycles. The van der Waals surface area contributed by atoms with Crippen LogP contribution in [0.25, 0.3) is 0 Å². The third-order valence-corrected chi connectivity index (χ3v) is 6.46. The van der Waals surface area contributed by atoms with E-state index in [4.69, 9.17) is 9.47 Å². The molecule has 0 bridgehead atoms. The molecule has 7 nitrogen and oxygen atoms in total. The summed E-state index contributed by atoms with van der Waals surface area (Å²) < 4.78 is 37.7.